The van der Waals surface area contributed by atoms with Crippen LogP contribution in [0.4, 0.5) is 0 Å². The van der Waals surface area contributed by atoms with Crippen molar-refractivity contribution in [2.45, 2.75) is 32.6 Å². The Morgan fingerprint density at radius 2 is 1.42 bits per heavy atom. The molecule has 1 saturated carbocycles. The van der Waals surface area contributed by atoms with Crippen molar-refractivity contribution < 1.29 is 0 Å². The predicted octanol–water partition coefficient (Wildman–Crippen LogP) is 6.20. The summed E-state index contributed by atoms with van der Waals surface area (Å²) in [5.41, 5.74) is 5.68. The van der Waals surface area contributed by atoms with E-state index in [0.29, 0.717) is 17.8 Å². The van der Waals surface area contributed by atoms with Crippen LogP contribution in [0.2, 0.25) is 0 Å². The van der Waals surface area contributed by atoms with E-state index in [1.807, 2.05) is 0 Å². The van der Waals surface area contributed by atoms with E-state index in [4.69, 9.17) is 0 Å². The normalized spacial score (nSPS) is 25.2. The highest BCUT2D eigenvalue weighted by Crippen LogP contribution is 2.49. The van der Waals surface area contributed by atoms with Crippen molar-refractivity contribution in [2.24, 2.45) is 17.8 Å². The van der Waals surface area contributed by atoms with Crippen LogP contribution < -0.4 is 0 Å². The second-order valence-electron chi connectivity index (χ2n) is 7.56. The number of rotatable bonds is 3. The van der Waals surface area contributed by atoms with E-state index in [1.54, 1.807) is 0 Å². The van der Waals surface area contributed by atoms with E-state index in [9.17, 15) is 0 Å². The topological polar surface area (TPSA) is 0 Å². The maximum atomic E-state index is 2.46. The Kier molecular flexibility index (Phi) is 4.14. The fourth-order valence-corrected chi connectivity index (χ4v) is 4.80. The summed E-state index contributed by atoms with van der Waals surface area (Å²) in [7, 11) is 0. The molecule has 2 aromatic rings. The fourth-order valence-electron chi connectivity index (χ4n) is 4.80. The third-order valence-corrected chi connectivity index (χ3v) is 5.86. The molecule has 0 N–H and O–H groups in total. The molecule has 3 unspecified atom stereocenters. The van der Waals surface area contributed by atoms with Crippen LogP contribution in [0.3, 0.4) is 0 Å². The zero-order valence-corrected chi connectivity index (χ0v) is 14.7. The van der Waals surface area contributed by atoms with Crippen LogP contribution in [0.1, 0.15) is 41.0 Å². The molecule has 1 fully saturated rings. The van der Waals surface area contributed by atoms with Gasteiger partial charge in [-0.15, -0.1) is 0 Å². The van der Waals surface area contributed by atoms with Crippen molar-refractivity contribution in [2.75, 3.05) is 0 Å². The number of allylic oxidation sites excluding steroid dienone is 4. The number of hydrogen-bond acceptors (Lipinski definition) is 0. The summed E-state index contributed by atoms with van der Waals surface area (Å²) >= 11 is 0. The van der Waals surface area contributed by atoms with Crippen molar-refractivity contribution >= 4 is 0 Å². The minimum Gasteiger partial charge on any atom is -0.0808 e. The van der Waals surface area contributed by atoms with Crippen LogP contribution in [0.25, 0.3) is 0 Å². The smallest absolute Gasteiger partial charge is 0.0124 e. The van der Waals surface area contributed by atoms with Gasteiger partial charge in [-0.3, -0.25) is 0 Å². The molecule has 0 spiro atoms. The molecule has 0 amide bonds. The Morgan fingerprint density at radius 1 is 0.792 bits per heavy atom. The van der Waals surface area contributed by atoms with Gasteiger partial charge in [0.2, 0.25) is 0 Å². The van der Waals surface area contributed by atoms with Gasteiger partial charge >= 0.3 is 0 Å². The molecule has 0 radical (unpaired) electrons. The molecule has 4 rings (SSSR count). The van der Waals surface area contributed by atoms with Crippen molar-refractivity contribution in [3.8, 4) is 0 Å². The molecular formula is C24H26. The molecule has 0 saturated heterocycles. The molecule has 0 aromatic heterocycles. The Balaban J connectivity index is 1.79. The second-order valence-corrected chi connectivity index (χ2v) is 7.56. The highest BCUT2D eigenvalue weighted by Gasteiger charge is 2.39. The monoisotopic (exact) mass is 314 g/mol. The van der Waals surface area contributed by atoms with Gasteiger partial charge in [0.1, 0.15) is 0 Å². The molecule has 0 bridgehead atoms. The van der Waals surface area contributed by atoms with Gasteiger partial charge in [-0.2, -0.15) is 0 Å². The Labute approximate surface area is 145 Å². The second kappa shape index (κ2) is 6.43. The van der Waals surface area contributed by atoms with E-state index >= 15 is 0 Å². The molecule has 2 aliphatic carbocycles. The summed E-state index contributed by atoms with van der Waals surface area (Å²) in [6, 6.07) is 18.3. The van der Waals surface area contributed by atoms with Crippen molar-refractivity contribution in [1.29, 1.82) is 0 Å². The SMILES string of the molecule is Cc1cccc(C(c2cccc(C)c2)C2CCC3C=CC=CC32)c1. The zero-order valence-electron chi connectivity index (χ0n) is 14.7. The largest absolute Gasteiger partial charge is 0.0808 e. The zero-order chi connectivity index (χ0) is 16.5. The summed E-state index contributed by atoms with van der Waals surface area (Å²) in [5.74, 6) is 2.61. The van der Waals surface area contributed by atoms with E-state index < -0.39 is 0 Å². The molecule has 0 aliphatic heterocycles. The Morgan fingerprint density at radius 3 is 2.04 bits per heavy atom. The van der Waals surface area contributed by atoms with E-state index in [1.165, 1.54) is 35.1 Å². The van der Waals surface area contributed by atoms with Crippen molar-refractivity contribution in [3.05, 3.63) is 95.1 Å². The fraction of sp³-hybridized carbons (Fsp3) is 0.333. The molecule has 2 aliphatic rings. The molecular weight excluding hydrogens is 288 g/mol. The lowest BCUT2D eigenvalue weighted by Gasteiger charge is -2.31. The van der Waals surface area contributed by atoms with Gasteiger partial charge in [-0.05, 0) is 55.6 Å². The maximum absolute atomic E-state index is 2.46. The van der Waals surface area contributed by atoms with Crippen LogP contribution in [0, 0.1) is 31.6 Å². The molecule has 24 heavy (non-hydrogen) atoms. The summed E-state index contributed by atoms with van der Waals surface area (Å²) in [4.78, 5) is 0. The molecule has 0 heteroatoms. The predicted molar refractivity (Wildman–Crippen MR) is 102 cm³/mol. The van der Waals surface area contributed by atoms with Gasteiger partial charge in [0.15, 0.2) is 0 Å². The van der Waals surface area contributed by atoms with Crippen molar-refractivity contribution in [1.82, 2.24) is 0 Å². The lowest BCUT2D eigenvalue weighted by molar-refractivity contribution is 0.380. The lowest BCUT2D eigenvalue weighted by atomic mass is 9.73. The summed E-state index contributed by atoms with van der Waals surface area (Å²) in [5, 5.41) is 0. The highest BCUT2D eigenvalue weighted by atomic mass is 14.4. The molecule has 2 aromatic carbocycles. The quantitative estimate of drug-likeness (QED) is 0.632. The first-order valence-electron chi connectivity index (χ1n) is 9.20. The minimum absolute atomic E-state index is 0.496. The van der Waals surface area contributed by atoms with E-state index in [-0.39, 0.29) is 0 Å². The standard InChI is InChI=1S/C24H26/c1-17-7-5-10-20(15-17)24(21-11-6-8-18(2)16-21)23-14-13-19-9-3-4-12-22(19)23/h3-12,15-16,19,22-24H,13-14H2,1-2H3. The Hall–Kier alpha value is -2.08. The highest BCUT2D eigenvalue weighted by molar-refractivity contribution is 5.38. The lowest BCUT2D eigenvalue weighted by Crippen LogP contribution is -2.21. The van der Waals surface area contributed by atoms with Crippen LogP contribution in [0.15, 0.2) is 72.8 Å². The maximum Gasteiger partial charge on any atom is 0.0124 e. The van der Waals surface area contributed by atoms with Gasteiger partial charge in [0.25, 0.3) is 0 Å². The average molecular weight is 314 g/mol. The average Bonchev–Trinajstić information content (AvgIpc) is 2.99. The van der Waals surface area contributed by atoms with Gasteiger partial charge in [0, 0.05) is 5.92 Å². The third-order valence-electron chi connectivity index (χ3n) is 5.86. The van der Waals surface area contributed by atoms with E-state index in [2.05, 4.69) is 86.7 Å². The van der Waals surface area contributed by atoms with Crippen molar-refractivity contribution in [3.63, 3.8) is 0 Å². The molecule has 0 heterocycles. The van der Waals surface area contributed by atoms with Crippen LogP contribution in [0.5, 0.6) is 0 Å². The minimum atomic E-state index is 0.496. The Bertz CT molecular complexity index is 735. The number of hydrogen-bond donors (Lipinski definition) is 0. The molecule has 122 valence electrons. The number of aryl methyl sites for hydroxylation is 2. The number of fused-ring (bicyclic) bond motifs is 1. The first kappa shape index (κ1) is 15.4. The first-order chi connectivity index (χ1) is 11.7. The van der Waals surface area contributed by atoms with Gasteiger partial charge in [-0.1, -0.05) is 84.0 Å². The van der Waals surface area contributed by atoms with E-state index in [0.717, 1.165) is 5.92 Å². The van der Waals surface area contributed by atoms with Gasteiger partial charge < -0.3 is 0 Å². The third kappa shape index (κ3) is 2.86. The first-order valence-corrected chi connectivity index (χ1v) is 9.20. The molecule has 0 nitrogen and oxygen atoms in total. The van der Waals surface area contributed by atoms with Crippen LogP contribution >= 0.6 is 0 Å². The summed E-state index contributed by atoms with van der Waals surface area (Å²) in [6.45, 7) is 4.41. The van der Waals surface area contributed by atoms with Gasteiger partial charge in [-0.25, -0.2) is 0 Å². The van der Waals surface area contributed by atoms with Crippen LogP contribution in [-0.2, 0) is 0 Å². The summed E-state index contributed by atoms with van der Waals surface area (Å²) < 4.78 is 0. The molecule has 3 atom stereocenters. The van der Waals surface area contributed by atoms with Crippen LogP contribution in [-0.4, -0.2) is 0 Å². The summed E-state index contributed by atoms with van der Waals surface area (Å²) in [6.07, 6.45) is 12.0. The van der Waals surface area contributed by atoms with Gasteiger partial charge in [0.05, 0.1) is 0 Å². The number of benzene rings is 2.